The van der Waals surface area contributed by atoms with Gasteiger partial charge in [-0.1, -0.05) is 29.8 Å². The van der Waals surface area contributed by atoms with Crippen molar-refractivity contribution in [3.63, 3.8) is 0 Å². The Labute approximate surface area is 123 Å². The molecule has 0 amide bonds. The SMILES string of the molecule is CC(c1cccc(Cl)c1)N(C)c1cccc(F)c1C#N. The highest BCUT2D eigenvalue weighted by molar-refractivity contribution is 6.30. The van der Waals surface area contributed by atoms with Crippen LogP contribution in [0.4, 0.5) is 10.1 Å². The number of hydrogen-bond acceptors (Lipinski definition) is 2. The molecule has 1 unspecified atom stereocenters. The summed E-state index contributed by atoms with van der Waals surface area (Å²) >= 11 is 5.99. The van der Waals surface area contributed by atoms with E-state index in [4.69, 9.17) is 16.9 Å². The Morgan fingerprint density at radius 2 is 1.95 bits per heavy atom. The molecule has 0 spiro atoms. The van der Waals surface area contributed by atoms with Crippen LogP contribution in [-0.4, -0.2) is 7.05 Å². The second-order valence-corrected chi connectivity index (χ2v) is 5.02. The quantitative estimate of drug-likeness (QED) is 0.828. The molecule has 0 bridgehead atoms. The number of anilines is 1. The number of hydrogen-bond donors (Lipinski definition) is 0. The Morgan fingerprint density at radius 3 is 2.60 bits per heavy atom. The third-order valence-electron chi connectivity index (χ3n) is 3.40. The Bertz CT molecular complexity index is 664. The van der Waals surface area contributed by atoms with Crippen LogP contribution in [0.15, 0.2) is 42.5 Å². The van der Waals surface area contributed by atoms with Gasteiger partial charge in [-0.05, 0) is 36.8 Å². The van der Waals surface area contributed by atoms with E-state index in [0.717, 1.165) is 5.56 Å². The van der Waals surface area contributed by atoms with Gasteiger partial charge in [0.05, 0.1) is 11.7 Å². The van der Waals surface area contributed by atoms with Crippen molar-refractivity contribution in [1.29, 1.82) is 5.26 Å². The third-order valence-corrected chi connectivity index (χ3v) is 3.63. The topological polar surface area (TPSA) is 27.0 Å². The lowest BCUT2D eigenvalue weighted by atomic mass is 10.1. The van der Waals surface area contributed by atoms with E-state index in [1.165, 1.54) is 6.07 Å². The molecule has 4 heteroatoms. The highest BCUT2D eigenvalue weighted by Gasteiger charge is 2.17. The predicted molar refractivity (Wildman–Crippen MR) is 79.4 cm³/mol. The molecular weight excluding hydrogens is 275 g/mol. The first kappa shape index (κ1) is 14.4. The number of nitriles is 1. The normalized spacial score (nSPS) is 11.8. The molecule has 0 saturated heterocycles. The summed E-state index contributed by atoms with van der Waals surface area (Å²) in [5.74, 6) is -0.504. The molecule has 102 valence electrons. The summed E-state index contributed by atoms with van der Waals surface area (Å²) in [6.07, 6.45) is 0. The summed E-state index contributed by atoms with van der Waals surface area (Å²) in [5.41, 5.74) is 1.64. The minimum Gasteiger partial charge on any atom is -0.367 e. The van der Waals surface area contributed by atoms with Crippen LogP contribution < -0.4 is 4.90 Å². The van der Waals surface area contributed by atoms with E-state index < -0.39 is 5.82 Å². The third kappa shape index (κ3) is 2.76. The second kappa shape index (κ2) is 5.94. The van der Waals surface area contributed by atoms with Crippen LogP contribution in [0.5, 0.6) is 0 Å². The summed E-state index contributed by atoms with van der Waals surface area (Å²) in [6.45, 7) is 1.98. The zero-order chi connectivity index (χ0) is 14.7. The average molecular weight is 289 g/mol. The van der Waals surface area contributed by atoms with Gasteiger partial charge < -0.3 is 4.90 Å². The van der Waals surface area contributed by atoms with Gasteiger partial charge in [0.2, 0.25) is 0 Å². The van der Waals surface area contributed by atoms with Gasteiger partial charge >= 0.3 is 0 Å². The maximum absolute atomic E-state index is 13.7. The number of benzene rings is 2. The van der Waals surface area contributed by atoms with Gasteiger partial charge in [0.1, 0.15) is 17.4 Å². The van der Waals surface area contributed by atoms with Crippen molar-refractivity contribution in [2.45, 2.75) is 13.0 Å². The van der Waals surface area contributed by atoms with Crippen molar-refractivity contribution in [2.24, 2.45) is 0 Å². The molecule has 0 N–H and O–H groups in total. The van der Waals surface area contributed by atoms with Crippen LogP contribution in [0, 0.1) is 17.1 Å². The molecule has 2 nitrogen and oxygen atoms in total. The fraction of sp³-hybridized carbons (Fsp3) is 0.188. The fourth-order valence-corrected chi connectivity index (χ4v) is 2.31. The predicted octanol–water partition coefficient (Wildman–Crippen LogP) is 4.55. The molecule has 2 rings (SSSR count). The van der Waals surface area contributed by atoms with Gasteiger partial charge in [-0.2, -0.15) is 5.26 Å². The van der Waals surface area contributed by atoms with Crippen molar-refractivity contribution in [2.75, 3.05) is 11.9 Å². The molecule has 2 aromatic rings. The fourth-order valence-electron chi connectivity index (χ4n) is 2.12. The lowest BCUT2D eigenvalue weighted by molar-refractivity contribution is 0.621. The van der Waals surface area contributed by atoms with E-state index in [9.17, 15) is 4.39 Å². The lowest BCUT2D eigenvalue weighted by Crippen LogP contribution is -2.22. The molecule has 0 aromatic heterocycles. The molecule has 20 heavy (non-hydrogen) atoms. The average Bonchev–Trinajstić information content (AvgIpc) is 2.45. The lowest BCUT2D eigenvalue weighted by Gasteiger charge is -2.28. The minimum absolute atomic E-state index is 0.0254. The Hall–Kier alpha value is -2.05. The van der Waals surface area contributed by atoms with Gasteiger partial charge in [-0.3, -0.25) is 0 Å². The van der Waals surface area contributed by atoms with Crippen molar-refractivity contribution in [1.82, 2.24) is 0 Å². The zero-order valence-corrected chi connectivity index (χ0v) is 12.0. The largest absolute Gasteiger partial charge is 0.367 e. The molecule has 0 aliphatic rings. The van der Waals surface area contributed by atoms with Crippen LogP contribution in [0.2, 0.25) is 5.02 Å². The number of halogens is 2. The van der Waals surface area contributed by atoms with Gasteiger partial charge in [0.15, 0.2) is 0 Å². The van der Waals surface area contributed by atoms with E-state index in [1.54, 1.807) is 18.2 Å². The highest BCUT2D eigenvalue weighted by Crippen LogP contribution is 2.30. The maximum Gasteiger partial charge on any atom is 0.143 e. The standard InChI is InChI=1S/C16H14ClFN2/c1-11(12-5-3-6-13(17)9-12)20(2)16-8-4-7-15(18)14(16)10-19/h3-9,11H,1-2H3. The monoisotopic (exact) mass is 288 g/mol. The Morgan fingerprint density at radius 1 is 1.25 bits per heavy atom. The minimum atomic E-state index is -0.504. The molecule has 0 fully saturated rings. The van der Waals surface area contributed by atoms with Gasteiger partial charge in [0.25, 0.3) is 0 Å². The van der Waals surface area contributed by atoms with Crippen molar-refractivity contribution in [3.8, 4) is 6.07 Å². The van der Waals surface area contributed by atoms with Crippen LogP contribution in [0.25, 0.3) is 0 Å². The zero-order valence-electron chi connectivity index (χ0n) is 11.3. The number of rotatable bonds is 3. The van der Waals surface area contributed by atoms with Crippen molar-refractivity contribution in [3.05, 3.63) is 64.4 Å². The first-order valence-corrected chi connectivity index (χ1v) is 6.59. The molecule has 0 heterocycles. The van der Waals surface area contributed by atoms with Crippen LogP contribution >= 0.6 is 11.6 Å². The molecule has 0 aliphatic heterocycles. The Kier molecular flexibility index (Phi) is 4.26. The summed E-state index contributed by atoms with van der Waals surface area (Å²) in [7, 11) is 1.83. The van der Waals surface area contributed by atoms with Crippen LogP contribution in [0.3, 0.4) is 0 Å². The summed E-state index contributed by atoms with van der Waals surface area (Å²) in [4.78, 5) is 1.87. The van der Waals surface area contributed by atoms with E-state index in [1.807, 2.05) is 43.1 Å². The maximum atomic E-state index is 13.7. The van der Waals surface area contributed by atoms with Crippen molar-refractivity contribution >= 4 is 17.3 Å². The molecule has 2 aromatic carbocycles. The molecule has 0 aliphatic carbocycles. The van der Waals surface area contributed by atoms with Crippen LogP contribution in [0.1, 0.15) is 24.1 Å². The van der Waals surface area contributed by atoms with E-state index in [0.29, 0.717) is 10.7 Å². The smallest absolute Gasteiger partial charge is 0.143 e. The van der Waals surface area contributed by atoms with Gasteiger partial charge in [-0.15, -0.1) is 0 Å². The second-order valence-electron chi connectivity index (χ2n) is 4.59. The summed E-state index contributed by atoms with van der Waals surface area (Å²) in [6, 6.07) is 14.0. The first-order valence-electron chi connectivity index (χ1n) is 6.21. The van der Waals surface area contributed by atoms with Gasteiger partial charge in [0, 0.05) is 12.1 Å². The molecule has 0 saturated carbocycles. The van der Waals surface area contributed by atoms with E-state index >= 15 is 0 Å². The molecule has 0 radical (unpaired) electrons. The Balaban J connectivity index is 2.39. The van der Waals surface area contributed by atoms with E-state index in [2.05, 4.69) is 0 Å². The number of nitrogens with zero attached hydrogens (tertiary/aromatic N) is 2. The molecular formula is C16H14ClFN2. The van der Waals surface area contributed by atoms with Crippen LogP contribution in [-0.2, 0) is 0 Å². The van der Waals surface area contributed by atoms with Gasteiger partial charge in [-0.25, -0.2) is 4.39 Å². The van der Waals surface area contributed by atoms with Crippen molar-refractivity contribution < 1.29 is 4.39 Å². The molecule has 1 atom stereocenters. The summed E-state index contributed by atoms with van der Waals surface area (Å²) < 4.78 is 13.7. The first-order chi connectivity index (χ1) is 9.54. The van der Waals surface area contributed by atoms with E-state index in [-0.39, 0.29) is 11.6 Å². The highest BCUT2D eigenvalue weighted by atomic mass is 35.5. The summed E-state index contributed by atoms with van der Waals surface area (Å²) in [5, 5.41) is 9.76.